The first kappa shape index (κ1) is 12.5. The number of aliphatic hydroxyl groups excluding tert-OH is 2. The number of nitrogens with two attached hydrogens (primary N) is 1. The van der Waals surface area contributed by atoms with Crippen LogP contribution in [0.3, 0.4) is 0 Å². The van der Waals surface area contributed by atoms with Crippen molar-refractivity contribution in [1.29, 1.82) is 0 Å². The zero-order valence-electron chi connectivity index (χ0n) is 9.72. The Kier molecular flexibility index (Phi) is 3.02. The number of nitrogens with zero attached hydrogens (tertiary/aromatic N) is 4. The Bertz CT molecular complexity index is 606. The highest BCUT2D eigenvalue weighted by Crippen LogP contribution is 2.32. The molecule has 2 aromatic heterocycles. The zero-order valence-corrected chi connectivity index (χ0v) is 10.5. The Morgan fingerprint density at radius 3 is 2.79 bits per heavy atom. The molecule has 3 unspecified atom stereocenters. The van der Waals surface area contributed by atoms with Gasteiger partial charge >= 0.3 is 0 Å². The molecule has 4 N–H and O–H groups in total. The van der Waals surface area contributed by atoms with E-state index in [9.17, 15) is 10.2 Å². The predicted octanol–water partition coefficient (Wildman–Crippen LogP) is -0.734. The van der Waals surface area contributed by atoms with E-state index in [1.54, 1.807) is 0 Å². The van der Waals surface area contributed by atoms with Gasteiger partial charge in [0.05, 0.1) is 12.2 Å². The Labute approximate surface area is 112 Å². The number of halogens is 1. The average molecular weight is 286 g/mol. The molecule has 0 saturated carbocycles. The summed E-state index contributed by atoms with van der Waals surface area (Å²) >= 11 is 5.67. The minimum atomic E-state index is -1.11. The van der Waals surface area contributed by atoms with E-state index in [0.29, 0.717) is 11.2 Å². The summed E-state index contributed by atoms with van der Waals surface area (Å²) in [5, 5.41) is 19.8. The summed E-state index contributed by atoms with van der Waals surface area (Å²) < 4.78 is 7.03. The summed E-state index contributed by atoms with van der Waals surface area (Å²) in [4.78, 5) is 12.0. The minimum Gasteiger partial charge on any atom is -0.387 e. The number of hydrogen-bond donors (Lipinski definition) is 3. The number of rotatable bonds is 2. The predicted molar refractivity (Wildman–Crippen MR) is 66.4 cm³/mol. The van der Waals surface area contributed by atoms with Crippen molar-refractivity contribution >= 4 is 28.6 Å². The maximum absolute atomic E-state index is 10.0. The van der Waals surface area contributed by atoms with Crippen LogP contribution in [0.2, 0.25) is 0 Å². The van der Waals surface area contributed by atoms with Crippen LogP contribution >= 0.6 is 11.6 Å². The van der Waals surface area contributed by atoms with E-state index < -0.39 is 24.5 Å². The van der Waals surface area contributed by atoms with Gasteiger partial charge in [0.15, 0.2) is 17.7 Å². The quantitative estimate of drug-likeness (QED) is 0.622. The van der Waals surface area contributed by atoms with Crippen molar-refractivity contribution in [3.8, 4) is 0 Å². The van der Waals surface area contributed by atoms with Crippen LogP contribution in [-0.2, 0) is 4.74 Å². The fraction of sp³-hybridized carbons (Fsp3) is 0.500. The molecule has 0 radical (unpaired) electrons. The number of imidazole rings is 1. The van der Waals surface area contributed by atoms with Gasteiger partial charge < -0.3 is 20.7 Å². The number of nitrogen functional groups attached to an aromatic ring is 1. The summed E-state index contributed by atoms with van der Waals surface area (Å²) in [5.74, 6) is 0.323. The first-order chi connectivity index (χ1) is 9.13. The molecule has 3 heterocycles. The third-order valence-corrected chi connectivity index (χ3v) is 3.45. The lowest BCUT2D eigenvalue weighted by Crippen LogP contribution is -2.32. The third-order valence-electron chi connectivity index (χ3n) is 3.15. The summed E-state index contributed by atoms with van der Waals surface area (Å²) in [6.07, 6.45) is -0.882. The Balaban J connectivity index is 2.04. The van der Waals surface area contributed by atoms with E-state index >= 15 is 0 Å². The van der Waals surface area contributed by atoms with Crippen LogP contribution in [0.4, 0.5) is 5.82 Å². The summed E-state index contributed by atoms with van der Waals surface area (Å²) in [6.45, 7) is 0. The van der Waals surface area contributed by atoms with Gasteiger partial charge in [-0.2, -0.15) is 0 Å². The van der Waals surface area contributed by atoms with E-state index in [4.69, 9.17) is 22.1 Å². The van der Waals surface area contributed by atoms with Gasteiger partial charge in [-0.05, 0) is 0 Å². The smallest absolute Gasteiger partial charge is 0.167 e. The van der Waals surface area contributed by atoms with Gasteiger partial charge in [0.1, 0.15) is 30.2 Å². The number of fused-ring (bicyclic) bond motifs is 1. The summed E-state index contributed by atoms with van der Waals surface area (Å²) in [5.41, 5.74) is 6.53. The first-order valence-electron chi connectivity index (χ1n) is 5.64. The molecule has 0 spiro atoms. The molecule has 1 fully saturated rings. The molecule has 19 heavy (non-hydrogen) atoms. The summed E-state index contributed by atoms with van der Waals surface area (Å²) in [6, 6.07) is 0. The monoisotopic (exact) mass is 285 g/mol. The Hall–Kier alpha value is -1.48. The van der Waals surface area contributed by atoms with Crippen LogP contribution in [0.1, 0.15) is 6.23 Å². The van der Waals surface area contributed by atoms with Crippen LogP contribution in [0.25, 0.3) is 11.2 Å². The van der Waals surface area contributed by atoms with E-state index in [2.05, 4.69) is 15.0 Å². The van der Waals surface area contributed by atoms with Crippen molar-refractivity contribution in [2.45, 2.75) is 24.5 Å². The SMILES string of the molecule is Nc1ncnc2c1ncn2C1OC(CCl)C(O)[C@@H]1O. The fourth-order valence-electron chi connectivity index (χ4n) is 2.14. The van der Waals surface area contributed by atoms with Gasteiger partial charge in [0, 0.05) is 0 Å². The molecule has 3 rings (SSSR count). The van der Waals surface area contributed by atoms with E-state index in [-0.39, 0.29) is 11.7 Å². The molecule has 1 aliphatic heterocycles. The second-order valence-corrected chi connectivity index (χ2v) is 4.59. The first-order valence-corrected chi connectivity index (χ1v) is 6.17. The van der Waals surface area contributed by atoms with Crippen molar-refractivity contribution in [2.75, 3.05) is 11.6 Å². The molecule has 0 aliphatic carbocycles. The van der Waals surface area contributed by atoms with Crippen LogP contribution < -0.4 is 5.73 Å². The number of hydrogen-bond acceptors (Lipinski definition) is 7. The molecule has 0 aromatic carbocycles. The highest BCUT2D eigenvalue weighted by Gasteiger charge is 2.43. The summed E-state index contributed by atoms with van der Waals surface area (Å²) in [7, 11) is 0. The van der Waals surface area contributed by atoms with Gasteiger partial charge in [0.25, 0.3) is 0 Å². The van der Waals surface area contributed by atoms with Gasteiger partial charge in [-0.1, -0.05) is 0 Å². The standard InChI is InChI=1S/C10H12ClN5O3/c11-1-4-6(17)7(18)10(19-4)16-3-15-5-8(12)13-2-14-9(5)16/h2-4,6-7,10,17-18H,1H2,(H2,12,13,14)/t4?,6?,7-,10?/m0/s1. The molecule has 8 nitrogen and oxygen atoms in total. The number of anilines is 1. The number of aromatic nitrogens is 4. The fourth-order valence-corrected chi connectivity index (χ4v) is 2.40. The lowest BCUT2D eigenvalue weighted by atomic mass is 10.1. The second-order valence-electron chi connectivity index (χ2n) is 4.28. The highest BCUT2D eigenvalue weighted by atomic mass is 35.5. The van der Waals surface area contributed by atoms with Crippen LogP contribution in [0, 0.1) is 0 Å². The minimum absolute atomic E-state index is 0.0818. The van der Waals surface area contributed by atoms with Crippen LogP contribution in [-0.4, -0.2) is 53.9 Å². The van der Waals surface area contributed by atoms with Crippen molar-refractivity contribution in [1.82, 2.24) is 19.5 Å². The molecule has 1 saturated heterocycles. The second kappa shape index (κ2) is 4.57. The largest absolute Gasteiger partial charge is 0.387 e. The maximum atomic E-state index is 10.0. The van der Waals surface area contributed by atoms with Gasteiger partial charge in [-0.15, -0.1) is 11.6 Å². The average Bonchev–Trinajstić information content (AvgIpc) is 2.94. The van der Waals surface area contributed by atoms with Crippen LogP contribution in [0.5, 0.6) is 0 Å². The van der Waals surface area contributed by atoms with Gasteiger partial charge in [0.2, 0.25) is 0 Å². The molecular weight excluding hydrogens is 274 g/mol. The lowest BCUT2D eigenvalue weighted by molar-refractivity contribution is -0.0291. The molecule has 4 atom stereocenters. The molecule has 102 valence electrons. The molecule has 9 heteroatoms. The number of aliphatic hydroxyl groups is 2. The Morgan fingerprint density at radius 1 is 1.32 bits per heavy atom. The normalized spacial score (nSPS) is 31.1. The van der Waals surface area contributed by atoms with Crippen molar-refractivity contribution in [3.05, 3.63) is 12.7 Å². The maximum Gasteiger partial charge on any atom is 0.167 e. The molecule has 0 bridgehead atoms. The molecule has 1 aliphatic rings. The number of alkyl halides is 1. The van der Waals surface area contributed by atoms with Crippen molar-refractivity contribution in [3.63, 3.8) is 0 Å². The molecule has 0 amide bonds. The zero-order chi connectivity index (χ0) is 13.6. The van der Waals surface area contributed by atoms with E-state index in [1.165, 1.54) is 17.2 Å². The van der Waals surface area contributed by atoms with Crippen molar-refractivity contribution in [2.24, 2.45) is 0 Å². The Morgan fingerprint density at radius 2 is 2.11 bits per heavy atom. The number of ether oxygens (including phenoxy) is 1. The van der Waals surface area contributed by atoms with Crippen molar-refractivity contribution < 1.29 is 14.9 Å². The van der Waals surface area contributed by atoms with Crippen LogP contribution in [0.15, 0.2) is 12.7 Å². The highest BCUT2D eigenvalue weighted by molar-refractivity contribution is 6.18. The lowest BCUT2D eigenvalue weighted by Gasteiger charge is -2.16. The van der Waals surface area contributed by atoms with Gasteiger partial charge in [-0.25, -0.2) is 15.0 Å². The molecule has 2 aromatic rings. The van der Waals surface area contributed by atoms with E-state index in [0.717, 1.165) is 0 Å². The topological polar surface area (TPSA) is 119 Å². The van der Waals surface area contributed by atoms with E-state index in [1.807, 2.05) is 0 Å². The third kappa shape index (κ3) is 1.84. The molecular formula is C10H12ClN5O3. The van der Waals surface area contributed by atoms with Gasteiger partial charge in [-0.3, -0.25) is 4.57 Å².